The fourth-order valence-electron chi connectivity index (χ4n) is 3.87. The van der Waals surface area contributed by atoms with Crippen molar-refractivity contribution in [2.24, 2.45) is 5.73 Å². The number of hydrogen-bond acceptors (Lipinski definition) is 5. The molecular formula is C25H38N4O5. The molecule has 188 valence electrons. The molecule has 1 fully saturated rings. The molecule has 9 heteroatoms. The van der Waals surface area contributed by atoms with Gasteiger partial charge in [-0.15, -0.1) is 0 Å². The van der Waals surface area contributed by atoms with E-state index in [1.54, 1.807) is 20.8 Å². The zero-order valence-corrected chi connectivity index (χ0v) is 21.2. The summed E-state index contributed by atoms with van der Waals surface area (Å²) in [4.78, 5) is 52.9. The van der Waals surface area contributed by atoms with Crippen LogP contribution < -0.4 is 16.4 Å². The van der Waals surface area contributed by atoms with Crippen molar-refractivity contribution < 1.29 is 23.9 Å². The van der Waals surface area contributed by atoms with Gasteiger partial charge in [0.2, 0.25) is 17.7 Å². The Kier molecular flexibility index (Phi) is 8.69. The van der Waals surface area contributed by atoms with Crippen molar-refractivity contribution in [2.75, 3.05) is 0 Å². The average Bonchev–Trinajstić information content (AvgIpc) is 3.46. The third kappa shape index (κ3) is 8.04. The van der Waals surface area contributed by atoms with Crippen molar-refractivity contribution >= 4 is 23.8 Å². The van der Waals surface area contributed by atoms with Gasteiger partial charge in [0, 0.05) is 12.1 Å². The second kappa shape index (κ2) is 10.9. The smallest absolute Gasteiger partial charge is 0.408 e. The zero-order valence-electron chi connectivity index (χ0n) is 21.2. The highest BCUT2D eigenvalue weighted by atomic mass is 16.6. The summed E-state index contributed by atoms with van der Waals surface area (Å²) >= 11 is 0. The van der Waals surface area contributed by atoms with Crippen molar-refractivity contribution in [1.29, 1.82) is 0 Å². The van der Waals surface area contributed by atoms with Gasteiger partial charge in [-0.2, -0.15) is 0 Å². The van der Waals surface area contributed by atoms with Crippen LogP contribution in [0.25, 0.3) is 0 Å². The summed E-state index contributed by atoms with van der Waals surface area (Å²) < 4.78 is 5.28. The van der Waals surface area contributed by atoms with E-state index in [-0.39, 0.29) is 18.0 Å². The predicted molar refractivity (Wildman–Crippen MR) is 129 cm³/mol. The first kappa shape index (κ1) is 27.1. The summed E-state index contributed by atoms with van der Waals surface area (Å²) in [5, 5.41) is 5.41. The van der Waals surface area contributed by atoms with E-state index in [4.69, 9.17) is 10.5 Å². The number of hydrogen-bond donors (Lipinski definition) is 3. The highest BCUT2D eigenvalue weighted by molar-refractivity contribution is 5.95. The summed E-state index contributed by atoms with van der Waals surface area (Å²) in [6, 6.07) is 3.25. The first-order valence-corrected chi connectivity index (χ1v) is 11.7. The van der Waals surface area contributed by atoms with Crippen LogP contribution in [0.3, 0.4) is 0 Å². The number of carbonyl (C=O) groups is 4. The number of ether oxygens (including phenoxy) is 1. The zero-order chi connectivity index (χ0) is 25.8. The summed E-state index contributed by atoms with van der Waals surface area (Å²) in [6.07, 6.45) is 0.194. The third-order valence-electron chi connectivity index (χ3n) is 5.11. The highest BCUT2D eigenvalue weighted by Crippen LogP contribution is 2.36. The quantitative estimate of drug-likeness (QED) is 0.506. The lowest BCUT2D eigenvalue weighted by Gasteiger charge is -2.35. The Morgan fingerprint density at radius 1 is 1.06 bits per heavy atom. The first-order chi connectivity index (χ1) is 15.7. The van der Waals surface area contributed by atoms with Gasteiger partial charge in [0.25, 0.3) is 0 Å². The molecule has 2 unspecified atom stereocenters. The minimum absolute atomic E-state index is 0.140. The monoisotopic (exact) mass is 474 g/mol. The number of nitrogens with one attached hydrogen (secondary N) is 2. The minimum Gasteiger partial charge on any atom is -0.444 e. The van der Waals surface area contributed by atoms with Crippen molar-refractivity contribution in [3.63, 3.8) is 0 Å². The fourth-order valence-corrected chi connectivity index (χ4v) is 3.87. The van der Waals surface area contributed by atoms with Gasteiger partial charge < -0.3 is 26.0 Å². The maximum absolute atomic E-state index is 13.8. The molecule has 0 radical (unpaired) electrons. The van der Waals surface area contributed by atoms with Crippen LogP contribution in [-0.4, -0.2) is 52.4 Å². The Hall–Kier alpha value is -3.10. The van der Waals surface area contributed by atoms with Crippen LogP contribution in [0.2, 0.25) is 0 Å². The van der Waals surface area contributed by atoms with Crippen LogP contribution in [0, 0.1) is 13.8 Å². The lowest BCUT2D eigenvalue weighted by atomic mass is 9.97. The van der Waals surface area contributed by atoms with E-state index >= 15 is 0 Å². The molecule has 0 heterocycles. The minimum atomic E-state index is -1.26. The van der Waals surface area contributed by atoms with Gasteiger partial charge in [-0.3, -0.25) is 14.4 Å². The molecular weight excluding hydrogens is 436 g/mol. The Balaban J connectivity index is 2.49. The van der Waals surface area contributed by atoms with E-state index in [0.717, 1.165) is 24.0 Å². The van der Waals surface area contributed by atoms with Crippen molar-refractivity contribution in [3.8, 4) is 0 Å². The lowest BCUT2D eigenvalue weighted by Crippen LogP contribution is -2.55. The maximum atomic E-state index is 13.8. The number of nitrogens with zero attached hydrogens (tertiary/aromatic N) is 1. The van der Waals surface area contributed by atoms with E-state index in [0.29, 0.717) is 5.56 Å². The van der Waals surface area contributed by atoms with Gasteiger partial charge in [0.05, 0.1) is 6.42 Å². The Morgan fingerprint density at radius 3 is 2.06 bits per heavy atom. The van der Waals surface area contributed by atoms with Crippen molar-refractivity contribution in [2.45, 2.75) is 97.5 Å². The highest BCUT2D eigenvalue weighted by Gasteiger charge is 2.44. The largest absolute Gasteiger partial charge is 0.444 e. The normalized spacial score (nSPS) is 15.3. The van der Waals surface area contributed by atoms with Crippen molar-refractivity contribution in [3.05, 3.63) is 34.9 Å². The third-order valence-corrected chi connectivity index (χ3v) is 5.11. The van der Waals surface area contributed by atoms with Crippen LogP contribution in [0.4, 0.5) is 4.79 Å². The second-order valence-electron chi connectivity index (χ2n) is 10.3. The second-order valence-corrected chi connectivity index (χ2v) is 10.3. The number of alkyl carbamates (subject to hydrolysis) is 1. The van der Waals surface area contributed by atoms with Gasteiger partial charge >= 0.3 is 6.09 Å². The van der Waals surface area contributed by atoms with Gasteiger partial charge in [0.15, 0.2) is 0 Å². The number of amides is 4. The summed E-state index contributed by atoms with van der Waals surface area (Å²) in [6.45, 7) is 12.6. The van der Waals surface area contributed by atoms with Crippen LogP contribution in [0.1, 0.15) is 76.6 Å². The Labute approximate surface area is 201 Å². The summed E-state index contributed by atoms with van der Waals surface area (Å²) in [7, 11) is 0. The van der Waals surface area contributed by atoms with Crippen LogP contribution >= 0.6 is 0 Å². The fraction of sp³-hybridized carbons (Fsp3) is 0.600. The number of nitrogens with two attached hydrogens (primary N) is 1. The lowest BCUT2D eigenvalue weighted by molar-refractivity contribution is -0.144. The molecule has 1 aromatic rings. The molecule has 34 heavy (non-hydrogen) atoms. The number of carbonyl (C=O) groups excluding carboxylic acids is 4. The topological polar surface area (TPSA) is 131 Å². The molecule has 0 bridgehead atoms. The predicted octanol–water partition coefficient (Wildman–Crippen LogP) is 2.63. The molecule has 9 nitrogen and oxygen atoms in total. The van der Waals surface area contributed by atoms with E-state index in [1.807, 2.05) is 45.9 Å². The molecule has 4 amide bonds. The molecule has 0 aliphatic heterocycles. The maximum Gasteiger partial charge on any atom is 0.408 e. The number of rotatable bonds is 9. The Bertz CT molecular complexity index is 913. The van der Waals surface area contributed by atoms with Crippen LogP contribution in [0.15, 0.2) is 18.2 Å². The Morgan fingerprint density at radius 2 is 1.62 bits per heavy atom. The summed E-state index contributed by atoms with van der Waals surface area (Å²) in [5.41, 5.74) is 7.20. The van der Waals surface area contributed by atoms with Gasteiger partial charge in [-0.25, -0.2) is 4.79 Å². The van der Waals surface area contributed by atoms with E-state index in [2.05, 4.69) is 10.6 Å². The molecule has 1 aliphatic rings. The summed E-state index contributed by atoms with van der Waals surface area (Å²) in [5.74, 6) is -1.62. The first-order valence-electron chi connectivity index (χ1n) is 11.7. The van der Waals surface area contributed by atoms with Gasteiger partial charge in [0.1, 0.15) is 17.7 Å². The standard InChI is InChI=1S/C25H38N4O5/c1-14(2)27-22(31)21(17-11-15(3)10-16(4)12-17)29(18-8-9-18)23(32)19(13-20(26)30)28-24(33)34-25(5,6)7/h10-12,14,18-19,21H,8-9,13H2,1-7H3,(H2,26,30)(H,27,31)(H,28,33). The molecule has 1 aromatic carbocycles. The van der Waals surface area contributed by atoms with Crippen LogP contribution in [0.5, 0.6) is 0 Å². The van der Waals surface area contributed by atoms with Gasteiger partial charge in [-0.1, -0.05) is 29.3 Å². The van der Waals surface area contributed by atoms with E-state index < -0.39 is 42.0 Å². The average molecular weight is 475 g/mol. The molecule has 2 rings (SSSR count). The van der Waals surface area contributed by atoms with E-state index in [1.165, 1.54) is 4.90 Å². The SMILES string of the molecule is Cc1cc(C)cc(C(C(=O)NC(C)C)N(C(=O)C(CC(N)=O)NC(=O)OC(C)(C)C)C2CC2)c1. The van der Waals surface area contributed by atoms with E-state index in [9.17, 15) is 19.2 Å². The number of primary amides is 1. The molecule has 1 aliphatic carbocycles. The molecule has 2 atom stereocenters. The van der Waals surface area contributed by atoms with Crippen molar-refractivity contribution in [1.82, 2.24) is 15.5 Å². The molecule has 0 spiro atoms. The number of aryl methyl sites for hydroxylation is 2. The van der Waals surface area contributed by atoms with Gasteiger partial charge in [-0.05, 0) is 66.9 Å². The molecule has 4 N–H and O–H groups in total. The molecule has 0 aromatic heterocycles. The molecule has 0 saturated heterocycles. The van der Waals surface area contributed by atoms with Crippen LogP contribution in [-0.2, 0) is 19.1 Å². The molecule has 1 saturated carbocycles. The number of benzene rings is 1.